The second kappa shape index (κ2) is 8.52. The highest BCUT2D eigenvalue weighted by Crippen LogP contribution is 2.42. The van der Waals surface area contributed by atoms with Crippen LogP contribution in [0.25, 0.3) is 0 Å². The van der Waals surface area contributed by atoms with Crippen molar-refractivity contribution in [2.45, 2.75) is 29.2 Å². The molecule has 2 N–H and O–H groups in total. The normalized spacial score (nSPS) is 20.4. The van der Waals surface area contributed by atoms with Gasteiger partial charge in [-0.1, -0.05) is 42.3 Å². The van der Waals surface area contributed by atoms with Gasteiger partial charge in [0.25, 0.3) is 5.91 Å². The van der Waals surface area contributed by atoms with Gasteiger partial charge in [-0.2, -0.15) is 0 Å². The number of hydrogen-bond acceptors (Lipinski definition) is 6. The number of hydrogen-bond donors (Lipinski definition) is 2. The van der Waals surface area contributed by atoms with Crippen molar-refractivity contribution in [3.8, 4) is 18.1 Å². The Morgan fingerprint density at radius 1 is 1.20 bits per heavy atom. The molecule has 7 nitrogen and oxygen atoms in total. The molecule has 4 heterocycles. The summed E-state index contributed by atoms with van der Waals surface area (Å²) in [6, 6.07) is 15.7. The predicted octanol–water partition coefficient (Wildman–Crippen LogP) is 2.87. The van der Waals surface area contributed by atoms with E-state index in [4.69, 9.17) is 11.2 Å². The summed E-state index contributed by atoms with van der Waals surface area (Å²) in [7, 11) is 0. The number of nitrogens with one attached hydrogen (secondary N) is 1. The van der Waals surface area contributed by atoms with Gasteiger partial charge in [-0.05, 0) is 28.3 Å². The zero-order chi connectivity index (χ0) is 24.1. The topological polar surface area (TPSA) is 83.8 Å². The first-order valence-electron chi connectivity index (χ1n) is 11.5. The molecule has 0 saturated carbocycles. The SMILES string of the molecule is C#C[C@@H]1c2ccccc2SCc2cccc(Cc3cc(=O)c(O)c4n3N[C@@H]3COCCN3C4=O)c21. The van der Waals surface area contributed by atoms with E-state index in [9.17, 15) is 14.7 Å². The summed E-state index contributed by atoms with van der Waals surface area (Å²) >= 11 is 1.77. The number of carbonyl (C=O) groups is 1. The Bertz CT molecular complexity index is 1460. The van der Waals surface area contributed by atoms with Crippen LogP contribution in [-0.4, -0.2) is 46.5 Å². The highest BCUT2D eigenvalue weighted by Gasteiger charge is 2.38. The van der Waals surface area contributed by atoms with Crippen LogP contribution in [-0.2, 0) is 16.9 Å². The standard InChI is InChI=1S/C27H23N3O4S/c1-2-19-20-8-3-4-9-22(20)35-15-17-7-5-6-16(24(17)19)12-18-13-21(31)26(32)25-27(33)29-10-11-34-14-23(29)28-30(18)25/h1,3-9,13,19,23,28,32H,10-12,14-15H2/t19-,23+/m1/s1. The molecule has 0 spiro atoms. The highest BCUT2D eigenvalue weighted by atomic mass is 32.2. The van der Waals surface area contributed by atoms with Crippen molar-refractivity contribution < 1.29 is 14.6 Å². The molecule has 3 aliphatic heterocycles. The summed E-state index contributed by atoms with van der Waals surface area (Å²) < 4.78 is 7.10. The van der Waals surface area contributed by atoms with Gasteiger partial charge in [-0.25, -0.2) is 0 Å². The van der Waals surface area contributed by atoms with Gasteiger partial charge in [-0.15, -0.1) is 18.2 Å². The fourth-order valence-corrected chi connectivity index (χ4v) is 6.30. The number of rotatable bonds is 2. The first-order valence-corrected chi connectivity index (χ1v) is 12.5. The maximum atomic E-state index is 13.2. The van der Waals surface area contributed by atoms with E-state index in [1.165, 1.54) is 11.0 Å². The lowest BCUT2D eigenvalue weighted by atomic mass is 9.84. The maximum absolute atomic E-state index is 13.2. The van der Waals surface area contributed by atoms with E-state index in [0.29, 0.717) is 31.9 Å². The molecule has 0 aliphatic carbocycles. The quantitative estimate of drug-likeness (QED) is 0.543. The first-order chi connectivity index (χ1) is 17.1. The molecule has 1 aromatic heterocycles. The molecule has 0 bridgehead atoms. The number of thioether (sulfide) groups is 1. The van der Waals surface area contributed by atoms with Gasteiger partial charge < -0.3 is 20.2 Å². The Hall–Kier alpha value is -3.67. The van der Waals surface area contributed by atoms with Gasteiger partial charge in [0.2, 0.25) is 5.43 Å². The molecule has 0 radical (unpaired) electrons. The highest BCUT2D eigenvalue weighted by molar-refractivity contribution is 7.98. The predicted molar refractivity (Wildman–Crippen MR) is 133 cm³/mol. The molecule has 3 aliphatic rings. The molecular weight excluding hydrogens is 462 g/mol. The molecular formula is C27H23N3O4S. The Kier molecular flexibility index (Phi) is 5.32. The number of terminal acetylenes is 1. The number of amides is 1. The van der Waals surface area contributed by atoms with E-state index in [0.717, 1.165) is 28.0 Å². The number of ether oxygens (including phenoxy) is 1. The van der Waals surface area contributed by atoms with Gasteiger partial charge >= 0.3 is 0 Å². The van der Waals surface area contributed by atoms with Gasteiger partial charge in [-0.3, -0.25) is 14.3 Å². The zero-order valence-electron chi connectivity index (χ0n) is 18.9. The average Bonchev–Trinajstić information content (AvgIpc) is 3.04. The van der Waals surface area contributed by atoms with Crippen LogP contribution in [0, 0.1) is 12.3 Å². The monoisotopic (exact) mass is 485 g/mol. The molecule has 8 heteroatoms. The van der Waals surface area contributed by atoms with Crippen molar-refractivity contribution in [3.63, 3.8) is 0 Å². The smallest absolute Gasteiger partial charge is 0.278 e. The van der Waals surface area contributed by atoms with E-state index < -0.39 is 11.2 Å². The number of carbonyl (C=O) groups excluding carboxylic acids is 1. The number of aromatic nitrogens is 1. The van der Waals surface area contributed by atoms with Crippen molar-refractivity contribution in [2.75, 3.05) is 25.2 Å². The van der Waals surface area contributed by atoms with Crippen LogP contribution < -0.4 is 10.9 Å². The Labute approximate surface area is 206 Å². The number of aromatic hydroxyl groups is 1. The molecule has 3 aromatic rings. The molecule has 2 atom stereocenters. The van der Waals surface area contributed by atoms with Gasteiger partial charge in [0.05, 0.1) is 19.1 Å². The van der Waals surface area contributed by atoms with Crippen LogP contribution in [0.15, 0.2) is 58.2 Å². The van der Waals surface area contributed by atoms with Crippen LogP contribution in [0.4, 0.5) is 0 Å². The molecule has 6 rings (SSSR count). The number of benzene rings is 2. The molecule has 2 aromatic carbocycles. The fourth-order valence-electron chi connectivity index (χ4n) is 5.21. The molecule has 176 valence electrons. The van der Waals surface area contributed by atoms with E-state index in [2.05, 4.69) is 29.5 Å². The molecule has 35 heavy (non-hydrogen) atoms. The third-order valence-corrected chi connectivity index (χ3v) is 8.00. The second-order valence-electron chi connectivity index (χ2n) is 8.84. The van der Waals surface area contributed by atoms with Gasteiger partial charge in [0, 0.05) is 35.4 Å². The van der Waals surface area contributed by atoms with Crippen molar-refractivity contribution in [2.24, 2.45) is 0 Å². The Morgan fingerprint density at radius 3 is 2.91 bits per heavy atom. The number of pyridine rings is 1. The van der Waals surface area contributed by atoms with Crippen molar-refractivity contribution in [1.29, 1.82) is 0 Å². The Balaban J connectivity index is 1.49. The average molecular weight is 486 g/mol. The maximum Gasteiger partial charge on any atom is 0.278 e. The van der Waals surface area contributed by atoms with Crippen LogP contribution >= 0.6 is 11.8 Å². The van der Waals surface area contributed by atoms with Gasteiger partial charge in [0.15, 0.2) is 11.4 Å². The second-order valence-corrected chi connectivity index (χ2v) is 9.86. The van der Waals surface area contributed by atoms with Crippen molar-refractivity contribution in [3.05, 3.63) is 92.4 Å². The van der Waals surface area contributed by atoms with Crippen LogP contribution in [0.1, 0.15) is 44.4 Å². The molecule has 1 fully saturated rings. The van der Waals surface area contributed by atoms with E-state index in [-0.39, 0.29) is 23.7 Å². The number of morpholine rings is 1. The van der Waals surface area contributed by atoms with Crippen LogP contribution in [0.5, 0.6) is 5.75 Å². The number of fused-ring (bicyclic) bond motifs is 4. The lowest BCUT2D eigenvalue weighted by Crippen LogP contribution is -2.59. The van der Waals surface area contributed by atoms with E-state index >= 15 is 0 Å². The third-order valence-electron chi connectivity index (χ3n) is 6.86. The zero-order valence-corrected chi connectivity index (χ0v) is 19.7. The Morgan fingerprint density at radius 2 is 2.06 bits per heavy atom. The molecule has 1 saturated heterocycles. The van der Waals surface area contributed by atoms with Crippen LogP contribution in [0.3, 0.4) is 0 Å². The minimum Gasteiger partial charge on any atom is -0.502 e. The minimum absolute atomic E-state index is 0.0397. The van der Waals surface area contributed by atoms with Crippen molar-refractivity contribution >= 4 is 17.7 Å². The number of nitrogens with zero attached hydrogens (tertiary/aromatic N) is 2. The van der Waals surface area contributed by atoms with Gasteiger partial charge in [0.1, 0.15) is 6.17 Å². The molecule has 1 amide bonds. The summed E-state index contributed by atoms with van der Waals surface area (Å²) in [5.41, 5.74) is 7.53. The summed E-state index contributed by atoms with van der Waals surface area (Å²) in [5, 5.41) is 10.5. The summed E-state index contributed by atoms with van der Waals surface area (Å²) in [6.07, 6.45) is 6.08. The fraction of sp³-hybridized carbons (Fsp3) is 0.259. The first kappa shape index (κ1) is 21.8. The lowest BCUT2D eigenvalue weighted by Gasteiger charge is -2.42. The van der Waals surface area contributed by atoms with E-state index in [1.807, 2.05) is 24.3 Å². The summed E-state index contributed by atoms with van der Waals surface area (Å²) in [4.78, 5) is 28.7. The van der Waals surface area contributed by atoms with E-state index in [1.54, 1.807) is 21.3 Å². The van der Waals surface area contributed by atoms with Crippen LogP contribution in [0.2, 0.25) is 0 Å². The molecule has 0 unspecified atom stereocenters. The summed E-state index contributed by atoms with van der Waals surface area (Å²) in [5.74, 6) is 2.63. The summed E-state index contributed by atoms with van der Waals surface area (Å²) in [6.45, 7) is 1.13. The van der Waals surface area contributed by atoms with Crippen molar-refractivity contribution in [1.82, 2.24) is 9.58 Å². The third kappa shape index (κ3) is 3.51. The minimum atomic E-state index is -0.579. The largest absolute Gasteiger partial charge is 0.502 e. The lowest BCUT2D eigenvalue weighted by molar-refractivity contribution is -0.00336.